The van der Waals surface area contributed by atoms with Crippen molar-refractivity contribution in [3.05, 3.63) is 0 Å². The normalized spacial score (nSPS) is 12.4. The first kappa shape index (κ1) is 24.4. The fraction of sp³-hybridized carbons (Fsp3) is 0.955. The molecule has 1 unspecified atom stereocenters. The Morgan fingerprint density at radius 2 is 1.00 bits per heavy atom. The molecule has 0 saturated heterocycles. The van der Waals surface area contributed by atoms with E-state index in [4.69, 9.17) is 5.11 Å². The first-order valence-electron chi connectivity index (χ1n) is 11.1. The molecule has 0 bridgehead atoms. The minimum absolute atomic E-state index is 0.127. The lowest BCUT2D eigenvalue weighted by atomic mass is 10.0. The molecule has 0 heterocycles. The minimum atomic E-state index is -0.692. The number of hydrogen-bond donors (Lipinski definition) is 2. The van der Waals surface area contributed by atoms with Crippen LogP contribution in [0.25, 0.3) is 0 Å². The van der Waals surface area contributed by atoms with Crippen LogP contribution >= 0.6 is 0 Å². The maximum Gasteiger partial charge on any atom is 0.303 e. The van der Waals surface area contributed by atoms with Crippen molar-refractivity contribution >= 4 is 5.97 Å². The van der Waals surface area contributed by atoms with Crippen LogP contribution in [0.4, 0.5) is 0 Å². The lowest BCUT2D eigenvalue weighted by Gasteiger charge is -2.10. The van der Waals surface area contributed by atoms with Crippen LogP contribution in [-0.2, 0) is 4.79 Å². The highest BCUT2D eigenvalue weighted by Gasteiger charge is 2.04. The Bertz CT molecular complexity index is 278. The second-order valence-electron chi connectivity index (χ2n) is 7.68. The number of rotatable bonds is 20. The van der Waals surface area contributed by atoms with Gasteiger partial charge in [0.25, 0.3) is 0 Å². The van der Waals surface area contributed by atoms with Crippen LogP contribution in [0.5, 0.6) is 0 Å². The molecule has 3 heteroatoms. The Morgan fingerprint density at radius 1 is 0.640 bits per heavy atom. The predicted octanol–water partition coefficient (Wildman–Crippen LogP) is 6.86. The van der Waals surface area contributed by atoms with E-state index in [9.17, 15) is 9.90 Å². The molecule has 0 aliphatic rings. The molecule has 0 radical (unpaired) electrons. The summed E-state index contributed by atoms with van der Waals surface area (Å²) in [5.41, 5.74) is 0. The third-order valence-electron chi connectivity index (χ3n) is 5.07. The predicted molar refractivity (Wildman–Crippen MR) is 107 cm³/mol. The van der Waals surface area contributed by atoms with Crippen LogP contribution in [-0.4, -0.2) is 22.3 Å². The Hall–Kier alpha value is -0.570. The van der Waals surface area contributed by atoms with E-state index in [0.717, 1.165) is 51.4 Å². The molecule has 0 spiro atoms. The molecule has 25 heavy (non-hydrogen) atoms. The zero-order valence-electron chi connectivity index (χ0n) is 16.8. The summed E-state index contributed by atoms with van der Waals surface area (Å²) >= 11 is 0. The molecule has 150 valence electrons. The van der Waals surface area contributed by atoms with Crippen molar-refractivity contribution in [2.75, 3.05) is 0 Å². The highest BCUT2D eigenvalue weighted by Crippen LogP contribution is 2.15. The van der Waals surface area contributed by atoms with Gasteiger partial charge in [-0.25, -0.2) is 0 Å². The van der Waals surface area contributed by atoms with E-state index in [-0.39, 0.29) is 6.10 Å². The van der Waals surface area contributed by atoms with Crippen LogP contribution in [0, 0.1) is 0 Å². The topological polar surface area (TPSA) is 57.5 Å². The molecular weight excluding hydrogens is 312 g/mol. The fourth-order valence-corrected chi connectivity index (χ4v) is 3.38. The average molecular weight is 357 g/mol. The number of carboxylic acids is 1. The van der Waals surface area contributed by atoms with Crippen molar-refractivity contribution in [3.8, 4) is 0 Å². The Kier molecular flexibility index (Phi) is 19.3. The van der Waals surface area contributed by atoms with Crippen LogP contribution in [0.15, 0.2) is 0 Å². The molecule has 3 nitrogen and oxygen atoms in total. The molecule has 0 amide bonds. The number of aliphatic carboxylic acids is 1. The smallest absolute Gasteiger partial charge is 0.303 e. The molecule has 0 aliphatic carbocycles. The number of hydrogen-bond acceptors (Lipinski definition) is 2. The zero-order valence-corrected chi connectivity index (χ0v) is 16.8. The first-order valence-corrected chi connectivity index (χ1v) is 11.1. The van der Waals surface area contributed by atoms with Crippen LogP contribution in [0.3, 0.4) is 0 Å². The standard InChI is InChI=1S/C22H44O3/c1-2-3-4-5-6-7-8-9-10-12-15-18-21(23)19-16-13-11-14-17-20-22(24)25/h21,23H,2-20H2,1H3,(H,24,25). The molecule has 0 aromatic rings. The number of carbonyl (C=O) groups is 1. The summed E-state index contributed by atoms with van der Waals surface area (Å²) in [4.78, 5) is 10.4. The third-order valence-corrected chi connectivity index (χ3v) is 5.07. The molecule has 0 rings (SSSR count). The molecule has 0 aliphatic heterocycles. The number of unbranched alkanes of at least 4 members (excludes halogenated alkanes) is 14. The van der Waals surface area contributed by atoms with Crippen LogP contribution in [0.2, 0.25) is 0 Å². The van der Waals surface area contributed by atoms with Gasteiger partial charge < -0.3 is 10.2 Å². The molecule has 1 atom stereocenters. The van der Waals surface area contributed by atoms with E-state index in [0.29, 0.717) is 6.42 Å². The molecular formula is C22H44O3. The van der Waals surface area contributed by atoms with Gasteiger partial charge in [-0.05, 0) is 19.3 Å². The number of aliphatic hydroxyl groups excluding tert-OH is 1. The van der Waals surface area contributed by atoms with E-state index < -0.39 is 5.97 Å². The summed E-state index contributed by atoms with van der Waals surface area (Å²) in [6.45, 7) is 2.27. The largest absolute Gasteiger partial charge is 0.481 e. The molecule has 0 aromatic heterocycles. The molecule has 0 saturated carbocycles. The zero-order chi connectivity index (χ0) is 18.6. The molecule has 2 N–H and O–H groups in total. The van der Waals surface area contributed by atoms with Crippen LogP contribution < -0.4 is 0 Å². The summed E-state index contributed by atoms with van der Waals surface area (Å²) in [6.07, 6.45) is 22.0. The quantitative estimate of drug-likeness (QED) is 0.234. The van der Waals surface area contributed by atoms with E-state index in [1.807, 2.05) is 0 Å². The van der Waals surface area contributed by atoms with Crippen molar-refractivity contribution in [3.63, 3.8) is 0 Å². The van der Waals surface area contributed by atoms with Gasteiger partial charge in [-0.3, -0.25) is 4.79 Å². The number of carboxylic acid groups (broad SMARTS) is 1. The maximum atomic E-state index is 10.4. The average Bonchev–Trinajstić information content (AvgIpc) is 2.58. The van der Waals surface area contributed by atoms with E-state index in [2.05, 4.69) is 6.92 Å². The van der Waals surface area contributed by atoms with Gasteiger partial charge in [-0.15, -0.1) is 0 Å². The van der Waals surface area contributed by atoms with Crippen molar-refractivity contribution in [1.82, 2.24) is 0 Å². The molecule has 0 fully saturated rings. The summed E-state index contributed by atoms with van der Waals surface area (Å²) in [7, 11) is 0. The SMILES string of the molecule is CCCCCCCCCCCCCC(O)CCCCCCCC(=O)O. The van der Waals surface area contributed by atoms with E-state index in [1.165, 1.54) is 64.2 Å². The first-order chi connectivity index (χ1) is 12.2. The highest BCUT2D eigenvalue weighted by molar-refractivity contribution is 5.66. The second kappa shape index (κ2) is 19.8. The summed E-state index contributed by atoms with van der Waals surface area (Å²) in [5.74, 6) is -0.692. The van der Waals surface area contributed by atoms with Crippen molar-refractivity contribution in [2.45, 2.75) is 135 Å². The van der Waals surface area contributed by atoms with E-state index >= 15 is 0 Å². The van der Waals surface area contributed by atoms with Gasteiger partial charge in [0.1, 0.15) is 0 Å². The van der Waals surface area contributed by atoms with E-state index in [1.54, 1.807) is 0 Å². The van der Waals surface area contributed by atoms with Gasteiger partial charge in [-0.2, -0.15) is 0 Å². The monoisotopic (exact) mass is 356 g/mol. The molecule has 0 aromatic carbocycles. The minimum Gasteiger partial charge on any atom is -0.481 e. The van der Waals surface area contributed by atoms with Crippen LogP contribution in [0.1, 0.15) is 129 Å². The summed E-state index contributed by atoms with van der Waals surface area (Å²) < 4.78 is 0. The maximum absolute atomic E-state index is 10.4. The van der Waals surface area contributed by atoms with Gasteiger partial charge >= 0.3 is 5.97 Å². The van der Waals surface area contributed by atoms with Gasteiger partial charge in [0.2, 0.25) is 0 Å². The van der Waals surface area contributed by atoms with Gasteiger partial charge in [0.15, 0.2) is 0 Å². The Labute approximate surface area is 156 Å². The summed E-state index contributed by atoms with van der Waals surface area (Å²) in [6, 6.07) is 0. The Morgan fingerprint density at radius 3 is 1.40 bits per heavy atom. The van der Waals surface area contributed by atoms with Gasteiger partial charge in [0.05, 0.1) is 6.10 Å². The third kappa shape index (κ3) is 21.4. The van der Waals surface area contributed by atoms with Crippen molar-refractivity contribution in [2.24, 2.45) is 0 Å². The number of aliphatic hydroxyl groups is 1. The van der Waals surface area contributed by atoms with Gasteiger partial charge in [-0.1, -0.05) is 103 Å². The Balaban J connectivity index is 3.15. The second-order valence-corrected chi connectivity index (χ2v) is 7.68. The van der Waals surface area contributed by atoms with Gasteiger partial charge in [0, 0.05) is 6.42 Å². The van der Waals surface area contributed by atoms with Crippen molar-refractivity contribution < 1.29 is 15.0 Å². The fourth-order valence-electron chi connectivity index (χ4n) is 3.38. The lowest BCUT2D eigenvalue weighted by Crippen LogP contribution is -2.05. The highest BCUT2D eigenvalue weighted by atomic mass is 16.4. The summed E-state index contributed by atoms with van der Waals surface area (Å²) in [5, 5.41) is 18.5. The van der Waals surface area contributed by atoms with Crippen molar-refractivity contribution in [1.29, 1.82) is 0 Å². The lowest BCUT2D eigenvalue weighted by molar-refractivity contribution is -0.137.